The maximum atomic E-state index is 10.5. The quantitative estimate of drug-likeness (QED) is 0.442. The molecule has 8 heteroatoms. The lowest BCUT2D eigenvalue weighted by molar-refractivity contribution is -0.0995. The van der Waals surface area contributed by atoms with Gasteiger partial charge in [-0.15, -0.1) is 0 Å². The van der Waals surface area contributed by atoms with Crippen molar-refractivity contribution in [1.82, 2.24) is 14.6 Å². The summed E-state index contributed by atoms with van der Waals surface area (Å²) in [7, 11) is 0. The Bertz CT molecular complexity index is 1400. The van der Waals surface area contributed by atoms with Gasteiger partial charge in [0, 0.05) is 5.92 Å². The molecule has 5 atom stereocenters. The normalized spacial score (nSPS) is 29.1. The average molecular weight is 468 g/mol. The van der Waals surface area contributed by atoms with Crippen LogP contribution < -0.4 is 5.73 Å². The number of nitriles is 1. The predicted molar refractivity (Wildman–Crippen MR) is 128 cm³/mol. The zero-order valence-electron chi connectivity index (χ0n) is 19.2. The summed E-state index contributed by atoms with van der Waals surface area (Å²) < 4.78 is 21.1. The number of anilines is 1. The van der Waals surface area contributed by atoms with E-state index in [0.717, 1.165) is 11.1 Å². The van der Waals surface area contributed by atoms with Gasteiger partial charge in [0.1, 0.15) is 35.7 Å². The van der Waals surface area contributed by atoms with Crippen LogP contribution in [0.3, 0.4) is 0 Å². The molecular weight excluding hydrogens is 442 g/mol. The highest BCUT2D eigenvalue weighted by atomic mass is 16.7. The molecule has 2 fully saturated rings. The molecular formula is C27H25N5O3. The minimum atomic E-state index is -1.28. The highest BCUT2D eigenvalue weighted by Gasteiger charge is 2.82. The molecule has 0 bridgehead atoms. The fraction of sp³-hybridized carbons (Fsp3) is 0.296. The van der Waals surface area contributed by atoms with Crippen molar-refractivity contribution in [2.24, 2.45) is 5.92 Å². The Kier molecular flexibility index (Phi) is 5.07. The van der Waals surface area contributed by atoms with Gasteiger partial charge in [-0.25, -0.2) is 9.50 Å². The summed E-state index contributed by atoms with van der Waals surface area (Å²) in [6, 6.07) is 26.0. The first kappa shape index (κ1) is 21.7. The number of rotatable bonds is 7. The van der Waals surface area contributed by atoms with Gasteiger partial charge in [-0.3, -0.25) is 0 Å². The van der Waals surface area contributed by atoms with Crippen LogP contribution in [-0.2, 0) is 33.0 Å². The number of nitrogens with two attached hydrogens (primary N) is 1. The molecule has 1 saturated heterocycles. The maximum absolute atomic E-state index is 10.5. The van der Waals surface area contributed by atoms with E-state index in [0.29, 0.717) is 30.2 Å². The summed E-state index contributed by atoms with van der Waals surface area (Å²) in [6.45, 7) is 2.82. The van der Waals surface area contributed by atoms with Gasteiger partial charge in [0.15, 0.2) is 5.82 Å². The molecule has 3 heterocycles. The van der Waals surface area contributed by atoms with E-state index >= 15 is 0 Å². The van der Waals surface area contributed by atoms with E-state index in [2.05, 4.69) is 16.2 Å². The molecule has 6 rings (SSSR count). The van der Waals surface area contributed by atoms with E-state index in [1.54, 1.807) is 4.52 Å². The second-order valence-electron chi connectivity index (χ2n) is 9.11. The zero-order chi connectivity index (χ0) is 24.0. The molecule has 2 aromatic carbocycles. The summed E-state index contributed by atoms with van der Waals surface area (Å²) in [5, 5.41) is 14.8. The van der Waals surface area contributed by atoms with Gasteiger partial charge in [-0.05, 0) is 23.3 Å². The Labute approximate surface area is 202 Å². The fourth-order valence-corrected chi connectivity index (χ4v) is 5.34. The van der Waals surface area contributed by atoms with E-state index in [4.69, 9.17) is 19.9 Å². The number of nitrogens with zero attached hydrogens (tertiary/aromatic N) is 4. The van der Waals surface area contributed by atoms with Gasteiger partial charge in [0.25, 0.3) is 0 Å². The van der Waals surface area contributed by atoms with Crippen molar-refractivity contribution in [3.8, 4) is 6.07 Å². The Hall–Kier alpha value is -3.77. The molecule has 1 aliphatic carbocycles. The van der Waals surface area contributed by atoms with Crippen LogP contribution in [-0.4, -0.2) is 32.4 Å². The monoisotopic (exact) mass is 467 g/mol. The average Bonchev–Trinajstić information content (AvgIpc) is 3.14. The van der Waals surface area contributed by atoms with Crippen LogP contribution in [0.15, 0.2) is 79.1 Å². The molecule has 2 aromatic heterocycles. The molecule has 8 nitrogen and oxygen atoms in total. The van der Waals surface area contributed by atoms with Crippen LogP contribution in [0.4, 0.5) is 5.82 Å². The van der Waals surface area contributed by atoms with E-state index in [9.17, 15) is 5.26 Å². The molecule has 2 N–H and O–H groups in total. The zero-order valence-corrected chi connectivity index (χ0v) is 19.2. The van der Waals surface area contributed by atoms with Crippen molar-refractivity contribution >= 4 is 11.3 Å². The number of fused-ring (bicyclic) bond motifs is 2. The molecule has 176 valence electrons. The molecule has 0 spiro atoms. The van der Waals surface area contributed by atoms with Crippen LogP contribution in [0.2, 0.25) is 0 Å². The summed E-state index contributed by atoms with van der Waals surface area (Å²) >= 11 is 0. The van der Waals surface area contributed by atoms with Crippen molar-refractivity contribution in [3.63, 3.8) is 0 Å². The van der Waals surface area contributed by atoms with E-state index < -0.39 is 17.3 Å². The van der Waals surface area contributed by atoms with Gasteiger partial charge in [0.05, 0.1) is 18.9 Å². The lowest BCUT2D eigenvalue weighted by Gasteiger charge is -2.32. The molecule has 35 heavy (non-hydrogen) atoms. The predicted octanol–water partition coefficient (Wildman–Crippen LogP) is 3.62. The largest absolute Gasteiger partial charge is 0.382 e. The molecule has 5 unspecified atom stereocenters. The molecule has 0 radical (unpaired) electrons. The topological polar surface area (TPSA) is 108 Å². The number of hydrogen-bond acceptors (Lipinski definition) is 7. The molecule has 0 amide bonds. The standard InChI is InChI=1S/C27H25N5O3/c1-18-26(16-28,22-13-12-21-25(29)30-17-31-32(21)22)35-24-23(33-14-19-8-4-2-5-9-19)27(18,24)34-15-20-10-6-3-7-11-20/h2-13,17-18,23-24H,14-15H2,1H3,(H2,29,30,31). The second kappa shape index (κ2) is 8.17. The van der Waals surface area contributed by atoms with Gasteiger partial charge in [0.2, 0.25) is 5.60 Å². The minimum absolute atomic E-state index is 0.297. The second-order valence-corrected chi connectivity index (χ2v) is 9.11. The minimum Gasteiger partial charge on any atom is -0.382 e. The Balaban J connectivity index is 1.34. The van der Waals surface area contributed by atoms with Crippen LogP contribution in [0.1, 0.15) is 23.7 Å². The number of benzene rings is 2. The van der Waals surface area contributed by atoms with E-state index in [-0.39, 0.29) is 12.0 Å². The molecule has 1 saturated carbocycles. The van der Waals surface area contributed by atoms with Crippen molar-refractivity contribution in [2.45, 2.75) is 43.5 Å². The Morgan fingerprint density at radius 3 is 2.40 bits per heavy atom. The van der Waals surface area contributed by atoms with Gasteiger partial charge >= 0.3 is 0 Å². The summed E-state index contributed by atoms with van der Waals surface area (Å²) in [5.41, 5.74) is 7.34. The first-order valence-corrected chi connectivity index (χ1v) is 11.6. The van der Waals surface area contributed by atoms with Gasteiger partial charge in [-0.1, -0.05) is 67.6 Å². The molecule has 1 aliphatic heterocycles. The highest BCUT2D eigenvalue weighted by Crippen LogP contribution is 2.64. The lowest BCUT2D eigenvalue weighted by Crippen LogP contribution is -2.42. The van der Waals surface area contributed by atoms with Gasteiger partial charge < -0.3 is 19.9 Å². The Morgan fingerprint density at radius 1 is 1.03 bits per heavy atom. The number of nitrogen functional groups attached to an aromatic ring is 1. The summed E-state index contributed by atoms with van der Waals surface area (Å²) in [4.78, 5) is 4.06. The number of hydrogen-bond donors (Lipinski definition) is 1. The maximum Gasteiger partial charge on any atom is 0.202 e. The third-order valence-corrected chi connectivity index (χ3v) is 7.29. The smallest absolute Gasteiger partial charge is 0.202 e. The first-order chi connectivity index (χ1) is 17.1. The molecule has 4 aromatic rings. The lowest BCUT2D eigenvalue weighted by atomic mass is 9.82. The number of aromatic nitrogens is 3. The van der Waals surface area contributed by atoms with Crippen LogP contribution in [0.5, 0.6) is 0 Å². The van der Waals surface area contributed by atoms with Crippen LogP contribution in [0.25, 0.3) is 5.52 Å². The van der Waals surface area contributed by atoms with Crippen molar-refractivity contribution in [2.75, 3.05) is 5.73 Å². The summed E-state index contributed by atoms with van der Waals surface area (Å²) in [5.74, 6) is -0.00182. The third-order valence-electron chi connectivity index (χ3n) is 7.29. The van der Waals surface area contributed by atoms with Crippen LogP contribution in [0, 0.1) is 17.2 Å². The van der Waals surface area contributed by atoms with Crippen molar-refractivity contribution in [1.29, 1.82) is 5.26 Å². The highest BCUT2D eigenvalue weighted by molar-refractivity contribution is 5.66. The Morgan fingerprint density at radius 2 is 1.71 bits per heavy atom. The third kappa shape index (κ3) is 3.24. The van der Waals surface area contributed by atoms with Crippen molar-refractivity contribution in [3.05, 3.63) is 95.9 Å². The number of ether oxygens (including phenoxy) is 3. The van der Waals surface area contributed by atoms with Crippen molar-refractivity contribution < 1.29 is 14.2 Å². The van der Waals surface area contributed by atoms with E-state index in [1.807, 2.05) is 79.7 Å². The summed E-state index contributed by atoms with van der Waals surface area (Å²) in [6.07, 6.45) is 0.688. The first-order valence-electron chi connectivity index (χ1n) is 11.6. The van der Waals surface area contributed by atoms with E-state index in [1.165, 1.54) is 6.33 Å². The molecule has 2 aliphatic rings. The fourth-order valence-electron chi connectivity index (χ4n) is 5.34. The van der Waals surface area contributed by atoms with Gasteiger partial charge in [-0.2, -0.15) is 10.4 Å². The SMILES string of the molecule is CC1C(C#N)(c2ccc3c(N)ncnn23)OC2C(OCc3ccccc3)C21OCc1ccccc1. The van der Waals surface area contributed by atoms with Crippen LogP contribution >= 0.6 is 0 Å².